The molecular formula is C33H37N7O7. The quantitative estimate of drug-likeness (QED) is 0.0942. The lowest BCUT2D eigenvalue weighted by atomic mass is 10.1. The fourth-order valence-corrected chi connectivity index (χ4v) is 4.52. The number of hydrogen-bond donors (Lipinski definition) is 5. The van der Waals surface area contributed by atoms with E-state index in [1.165, 1.54) is 0 Å². The number of amides is 1. The molecule has 14 heteroatoms. The van der Waals surface area contributed by atoms with Crippen LogP contribution < -0.4 is 30.7 Å². The van der Waals surface area contributed by atoms with Crippen molar-refractivity contribution in [3.8, 4) is 11.5 Å². The Balaban J connectivity index is 1.10. The molecule has 3 aromatic carbocycles. The molecule has 5 rings (SSSR count). The van der Waals surface area contributed by atoms with E-state index in [2.05, 4.69) is 36.2 Å². The predicted molar refractivity (Wildman–Crippen MR) is 174 cm³/mol. The summed E-state index contributed by atoms with van der Waals surface area (Å²) in [6, 6.07) is 23.0. The van der Waals surface area contributed by atoms with E-state index in [-0.39, 0.29) is 37.0 Å². The van der Waals surface area contributed by atoms with Crippen LogP contribution in [0.4, 0.5) is 17.8 Å². The molecule has 1 aromatic heterocycles. The maximum absolute atomic E-state index is 12.1. The van der Waals surface area contributed by atoms with Crippen molar-refractivity contribution in [2.24, 2.45) is 0 Å². The molecule has 1 aliphatic rings. The average molecular weight is 644 g/mol. The van der Waals surface area contributed by atoms with E-state index < -0.39 is 12.0 Å². The predicted octanol–water partition coefficient (Wildman–Crippen LogP) is 3.20. The van der Waals surface area contributed by atoms with Crippen LogP contribution in [0.1, 0.15) is 21.5 Å². The molecule has 0 spiro atoms. The van der Waals surface area contributed by atoms with Gasteiger partial charge in [0.25, 0.3) is 5.91 Å². The lowest BCUT2D eigenvalue weighted by molar-refractivity contribution is -0.137. The second-order valence-corrected chi connectivity index (χ2v) is 10.3. The van der Waals surface area contributed by atoms with Crippen LogP contribution in [0.15, 0.2) is 78.9 Å². The lowest BCUT2D eigenvalue weighted by Crippen LogP contribution is -2.32. The molecule has 14 nitrogen and oxygen atoms in total. The monoisotopic (exact) mass is 643 g/mol. The van der Waals surface area contributed by atoms with Gasteiger partial charge in [-0.2, -0.15) is 15.0 Å². The van der Waals surface area contributed by atoms with E-state index in [9.17, 15) is 14.7 Å². The van der Waals surface area contributed by atoms with Gasteiger partial charge in [0.2, 0.25) is 24.6 Å². The Bertz CT molecular complexity index is 1600. The van der Waals surface area contributed by atoms with Gasteiger partial charge in [0.1, 0.15) is 6.04 Å². The van der Waals surface area contributed by atoms with Crippen molar-refractivity contribution in [1.82, 2.24) is 20.3 Å². The third-order valence-corrected chi connectivity index (χ3v) is 6.88. The smallest absolute Gasteiger partial charge is 0.326 e. The van der Waals surface area contributed by atoms with Crippen LogP contribution in [0.3, 0.4) is 0 Å². The van der Waals surface area contributed by atoms with Gasteiger partial charge in [0.05, 0.1) is 26.4 Å². The summed E-state index contributed by atoms with van der Waals surface area (Å²) in [6.45, 7) is 2.77. The van der Waals surface area contributed by atoms with Crippen LogP contribution in [-0.4, -0.2) is 84.3 Å². The molecule has 5 N–H and O–H groups in total. The summed E-state index contributed by atoms with van der Waals surface area (Å²) in [7, 11) is 0. The molecule has 1 amide bonds. The van der Waals surface area contributed by atoms with E-state index >= 15 is 0 Å². The Kier molecular flexibility index (Phi) is 12.1. The van der Waals surface area contributed by atoms with Crippen LogP contribution in [0, 0.1) is 0 Å². The van der Waals surface area contributed by atoms with Crippen molar-refractivity contribution >= 4 is 29.7 Å². The molecule has 0 unspecified atom stereocenters. The highest BCUT2D eigenvalue weighted by molar-refractivity contribution is 5.94. The Morgan fingerprint density at radius 2 is 1.40 bits per heavy atom. The normalized spacial score (nSPS) is 12.3. The van der Waals surface area contributed by atoms with Gasteiger partial charge in [-0.05, 0) is 35.4 Å². The van der Waals surface area contributed by atoms with Crippen molar-refractivity contribution in [3.05, 3.63) is 95.6 Å². The lowest BCUT2D eigenvalue weighted by Gasteiger charge is -2.16. The zero-order valence-corrected chi connectivity index (χ0v) is 25.7. The molecule has 246 valence electrons. The van der Waals surface area contributed by atoms with Gasteiger partial charge in [-0.1, -0.05) is 54.6 Å². The summed E-state index contributed by atoms with van der Waals surface area (Å²) in [4.78, 5) is 37.4. The maximum Gasteiger partial charge on any atom is 0.326 e. The molecule has 0 radical (unpaired) electrons. The largest absolute Gasteiger partial charge is 0.480 e. The molecule has 0 saturated carbocycles. The first kappa shape index (κ1) is 32.9. The van der Waals surface area contributed by atoms with Gasteiger partial charge in [-0.15, -0.1) is 0 Å². The van der Waals surface area contributed by atoms with E-state index in [4.69, 9.17) is 18.9 Å². The van der Waals surface area contributed by atoms with Gasteiger partial charge >= 0.3 is 5.97 Å². The summed E-state index contributed by atoms with van der Waals surface area (Å²) in [5.74, 6) is 0.768. The number of fused-ring (bicyclic) bond motifs is 1. The molecule has 1 aliphatic heterocycles. The Morgan fingerprint density at radius 3 is 2.15 bits per heavy atom. The number of hydrogen-bond acceptors (Lipinski definition) is 12. The number of nitrogens with one attached hydrogen (secondary N) is 4. The molecule has 1 atom stereocenters. The molecule has 4 aromatic rings. The fraction of sp³-hybridized carbons (Fsp3) is 0.303. The Labute approximate surface area is 271 Å². The summed E-state index contributed by atoms with van der Waals surface area (Å²) >= 11 is 0. The van der Waals surface area contributed by atoms with Crippen LogP contribution in [0.2, 0.25) is 0 Å². The number of carbonyl (C=O) groups is 2. The van der Waals surface area contributed by atoms with Crippen LogP contribution in [0.25, 0.3) is 0 Å². The molecule has 0 aliphatic carbocycles. The van der Waals surface area contributed by atoms with Gasteiger partial charge in [0, 0.05) is 31.6 Å². The first-order valence-electron chi connectivity index (χ1n) is 15.2. The van der Waals surface area contributed by atoms with Crippen molar-refractivity contribution in [2.75, 3.05) is 62.3 Å². The van der Waals surface area contributed by atoms with Crippen molar-refractivity contribution < 1.29 is 33.6 Å². The van der Waals surface area contributed by atoms with E-state index in [1.54, 1.807) is 12.1 Å². The number of benzene rings is 3. The van der Waals surface area contributed by atoms with E-state index in [0.29, 0.717) is 63.1 Å². The minimum atomic E-state index is -1.03. The third kappa shape index (κ3) is 10.5. The Morgan fingerprint density at radius 1 is 0.745 bits per heavy atom. The summed E-state index contributed by atoms with van der Waals surface area (Å²) in [6.07, 6.45) is 0.236. The highest BCUT2D eigenvalue weighted by Crippen LogP contribution is 2.32. The Hall–Kier alpha value is -5.47. The first-order chi connectivity index (χ1) is 23.0. The third-order valence-electron chi connectivity index (χ3n) is 6.88. The minimum Gasteiger partial charge on any atom is -0.480 e. The van der Waals surface area contributed by atoms with Gasteiger partial charge in [-0.3, -0.25) is 4.79 Å². The van der Waals surface area contributed by atoms with Gasteiger partial charge < -0.3 is 45.3 Å². The van der Waals surface area contributed by atoms with Crippen molar-refractivity contribution in [3.63, 3.8) is 0 Å². The number of nitrogens with zero attached hydrogens (tertiary/aromatic N) is 3. The number of ether oxygens (including phenoxy) is 4. The zero-order chi connectivity index (χ0) is 32.7. The van der Waals surface area contributed by atoms with E-state index in [0.717, 1.165) is 11.1 Å². The average Bonchev–Trinajstić information content (AvgIpc) is 3.57. The van der Waals surface area contributed by atoms with E-state index in [1.807, 2.05) is 66.7 Å². The molecule has 0 saturated heterocycles. The van der Waals surface area contributed by atoms with Crippen LogP contribution in [0.5, 0.6) is 11.5 Å². The van der Waals surface area contributed by atoms with Crippen molar-refractivity contribution in [2.45, 2.75) is 19.0 Å². The molecule has 2 heterocycles. The number of aromatic nitrogens is 3. The topological polar surface area (TPSA) is 178 Å². The highest BCUT2D eigenvalue weighted by Gasteiger charge is 2.20. The second-order valence-electron chi connectivity index (χ2n) is 10.3. The van der Waals surface area contributed by atoms with Gasteiger partial charge in [0.15, 0.2) is 11.5 Å². The second kappa shape index (κ2) is 17.3. The first-order valence-corrected chi connectivity index (χ1v) is 15.2. The van der Waals surface area contributed by atoms with Crippen molar-refractivity contribution in [1.29, 1.82) is 0 Å². The highest BCUT2D eigenvalue weighted by atomic mass is 16.7. The molecule has 47 heavy (non-hydrogen) atoms. The standard InChI is InChI=1S/C33H37N7O7/c41-29(25-9-5-2-6-10-25)34-13-15-44-17-18-45-16-14-35-31-38-32(36-21-24-11-12-27-28(20-24)47-22-46-27)40-33(39-31)37-26(30(42)43)19-23-7-3-1-4-8-23/h1-12,20,26H,13-19,21-22H2,(H,34,41)(H,42,43)(H3,35,36,37,38,39,40)/t26-/m0/s1. The number of carbonyl (C=O) groups excluding carboxylic acids is 1. The molecule has 0 fully saturated rings. The minimum absolute atomic E-state index is 0.104. The maximum atomic E-state index is 12.1. The summed E-state index contributed by atoms with van der Waals surface area (Å²) in [5, 5.41) is 21.9. The molecular weight excluding hydrogens is 606 g/mol. The summed E-state index contributed by atoms with van der Waals surface area (Å²) in [5.41, 5.74) is 2.38. The zero-order valence-electron chi connectivity index (χ0n) is 25.7. The van der Waals surface area contributed by atoms with Crippen LogP contribution >= 0.6 is 0 Å². The number of aliphatic carboxylic acids is 1. The SMILES string of the molecule is O=C(NCCOCCOCCNc1nc(NCc2ccc3c(c2)OCO3)nc(N[C@@H](Cc2ccccc2)C(=O)O)n1)c1ccccc1. The fourth-order valence-electron chi connectivity index (χ4n) is 4.52. The number of carboxylic acids is 1. The summed E-state index contributed by atoms with van der Waals surface area (Å²) < 4.78 is 22.0. The van der Waals surface area contributed by atoms with Gasteiger partial charge in [-0.25, -0.2) is 4.79 Å². The number of anilines is 3. The molecule has 0 bridgehead atoms. The number of carboxylic acid groups (broad SMARTS) is 1. The number of rotatable bonds is 19. The van der Waals surface area contributed by atoms with Crippen LogP contribution in [-0.2, 0) is 27.2 Å².